The van der Waals surface area contributed by atoms with Gasteiger partial charge in [0, 0.05) is 30.2 Å². The summed E-state index contributed by atoms with van der Waals surface area (Å²) in [6.45, 7) is 38.6. The second-order valence-corrected chi connectivity index (χ2v) is 25.4. The van der Waals surface area contributed by atoms with E-state index in [2.05, 4.69) is 239 Å². The maximum atomic E-state index is 9.30. The minimum Gasteiger partial charge on any atom is -0.392 e. The van der Waals surface area contributed by atoms with Crippen molar-refractivity contribution >= 4 is 11.0 Å². The molecule has 0 radical (unpaired) electrons. The van der Waals surface area contributed by atoms with Crippen molar-refractivity contribution in [3.05, 3.63) is 166 Å². The largest absolute Gasteiger partial charge is 0.499 e. The molecule has 0 aliphatic carbocycles. The van der Waals surface area contributed by atoms with Gasteiger partial charge < -0.3 is 4.74 Å². The summed E-state index contributed by atoms with van der Waals surface area (Å²) in [5.74, 6) is 0.474. The number of para-hydroxylation sites is 1. The molecule has 0 saturated carbocycles. The first kappa shape index (κ1) is 44.9. The summed E-state index contributed by atoms with van der Waals surface area (Å²) in [6.07, 6.45) is 2.31. The fraction of sp³-hybridized carbons (Fsp3) is 0.364. The molecular formula is C66H73N3O+2. The number of nitrogens with zero attached hydrogens (tertiary/aromatic N) is 3. The molecule has 5 heterocycles. The summed E-state index contributed by atoms with van der Waals surface area (Å²) in [5.41, 5.74) is 23.3. The summed E-state index contributed by atoms with van der Waals surface area (Å²) in [5, 5.41) is 0. The van der Waals surface area contributed by atoms with Crippen LogP contribution in [0.3, 0.4) is 0 Å². The number of aromatic nitrogens is 3. The van der Waals surface area contributed by atoms with Gasteiger partial charge in [-0.2, -0.15) is 4.57 Å². The molecule has 0 N–H and O–H groups in total. The first-order valence-corrected chi connectivity index (χ1v) is 25.7. The minimum absolute atomic E-state index is 0.0647. The van der Waals surface area contributed by atoms with Gasteiger partial charge in [0.1, 0.15) is 16.8 Å². The van der Waals surface area contributed by atoms with E-state index in [1.54, 1.807) is 0 Å². The predicted molar refractivity (Wildman–Crippen MR) is 292 cm³/mol. The lowest BCUT2D eigenvalue weighted by atomic mass is 9.78. The lowest BCUT2D eigenvalue weighted by molar-refractivity contribution is -0.997. The van der Waals surface area contributed by atoms with Crippen molar-refractivity contribution in [1.29, 1.82) is 0 Å². The van der Waals surface area contributed by atoms with Crippen molar-refractivity contribution in [2.45, 2.75) is 157 Å². The normalized spacial score (nSPS) is 16.3. The van der Waals surface area contributed by atoms with Crippen molar-refractivity contribution in [2.75, 3.05) is 0 Å². The van der Waals surface area contributed by atoms with Crippen molar-refractivity contribution in [3.8, 4) is 67.5 Å². The van der Waals surface area contributed by atoms with E-state index in [4.69, 9.17) is 4.74 Å². The van der Waals surface area contributed by atoms with Crippen LogP contribution in [-0.2, 0) is 27.5 Å². The molecule has 0 bridgehead atoms. The van der Waals surface area contributed by atoms with Gasteiger partial charge in [-0.15, -0.1) is 9.13 Å². The molecule has 0 fully saturated rings. The topological polar surface area (TPSA) is 21.9 Å². The summed E-state index contributed by atoms with van der Waals surface area (Å²) in [6, 6.07) is 44.2. The number of hydrogen-bond acceptors (Lipinski definition) is 1. The summed E-state index contributed by atoms with van der Waals surface area (Å²) >= 11 is 0. The molecule has 4 heteroatoms. The van der Waals surface area contributed by atoms with Crippen LogP contribution in [0.1, 0.15) is 168 Å². The SMILES string of the molecule is [2H]C(C)(C)c1cccc(C(C)C)c1-c1ccc(-n2c3[n+]4c5c(cccc52)-c2cc(C(C)(C)C)cc5c2C4(Oc2c-3cc(C(C)(C)C)cc2C(C)(C)C)[n+]2ccc(-c3ccc(C(C)(C)C)cc3)cc2-5)c(C)c1. The zero-order valence-electron chi connectivity index (χ0n) is 45.9. The van der Waals surface area contributed by atoms with Crippen LogP contribution in [0.25, 0.3) is 72.7 Å². The van der Waals surface area contributed by atoms with E-state index in [0.717, 1.165) is 50.7 Å². The number of aryl methyl sites for hydroxylation is 1. The molecule has 1 spiro atoms. The van der Waals surface area contributed by atoms with Gasteiger partial charge in [-0.25, -0.2) is 0 Å². The maximum Gasteiger partial charge on any atom is 0.499 e. The molecule has 1 atom stereocenters. The minimum atomic E-state index is -1.09. The highest BCUT2D eigenvalue weighted by atomic mass is 16.5. The molecule has 6 aromatic carbocycles. The van der Waals surface area contributed by atoms with E-state index in [1.807, 2.05) is 13.8 Å². The Labute approximate surface area is 419 Å². The van der Waals surface area contributed by atoms with Crippen LogP contribution in [-0.4, -0.2) is 4.57 Å². The van der Waals surface area contributed by atoms with Crippen LogP contribution in [0.15, 0.2) is 121 Å². The monoisotopic (exact) mass is 925 g/mol. The third kappa shape index (κ3) is 6.67. The second-order valence-electron chi connectivity index (χ2n) is 25.4. The Hall–Kier alpha value is -6.26. The molecular weight excluding hydrogens is 851 g/mol. The fourth-order valence-corrected chi connectivity index (χ4v) is 11.8. The fourth-order valence-electron chi connectivity index (χ4n) is 11.8. The zero-order valence-corrected chi connectivity index (χ0v) is 44.9. The van der Waals surface area contributed by atoms with Gasteiger partial charge in [0.15, 0.2) is 23.0 Å². The van der Waals surface area contributed by atoms with Crippen molar-refractivity contribution in [3.63, 3.8) is 0 Å². The number of pyridine rings is 1. The third-order valence-corrected chi connectivity index (χ3v) is 15.7. The summed E-state index contributed by atoms with van der Waals surface area (Å²) in [4.78, 5) is 0. The highest BCUT2D eigenvalue weighted by molar-refractivity contribution is 5.98. The predicted octanol–water partition coefficient (Wildman–Crippen LogP) is 16.5. The maximum absolute atomic E-state index is 9.30. The quantitative estimate of drug-likeness (QED) is 0.158. The highest BCUT2D eigenvalue weighted by Gasteiger charge is 2.69. The Morgan fingerprint density at radius 1 is 0.571 bits per heavy atom. The van der Waals surface area contributed by atoms with Gasteiger partial charge in [-0.3, -0.25) is 0 Å². The van der Waals surface area contributed by atoms with Crippen molar-refractivity contribution in [2.24, 2.45) is 0 Å². The number of imidazole rings is 1. The van der Waals surface area contributed by atoms with Gasteiger partial charge in [0.2, 0.25) is 5.69 Å². The first-order valence-electron chi connectivity index (χ1n) is 26.2. The smallest absolute Gasteiger partial charge is 0.392 e. The molecule has 0 saturated heterocycles. The lowest BCUT2D eigenvalue weighted by Gasteiger charge is -2.36. The lowest BCUT2D eigenvalue weighted by Crippen LogP contribution is -2.78. The number of hydrogen-bond donors (Lipinski definition) is 0. The van der Waals surface area contributed by atoms with Gasteiger partial charge in [0.25, 0.3) is 0 Å². The van der Waals surface area contributed by atoms with Gasteiger partial charge in [0.05, 0.1) is 5.56 Å². The highest BCUT2D eigenvalue weighted by Crippen LogP contribution is 2.56. The van der Waals surface area contributed by atoms with Crippen LogP contribution in [0, 0.1) is 6.92 Å². The Kier molecular flexibility index (Phi) is 9.71. The second kappa shape index (κ2) is 15.1. The molecule has 0 amide bonds. The van der Waals surface area contributed by atoms with Gasteiger partial charge in [-0.1, -0.05) is 171 Å². The Morgan fingerprint density at radius 3 is 1.81 bits per heavy atom. The number of fused-ring (bicyclic) bond motifs is 5. The van der Waals surface area contributed by atoms with E-state index in [1.165, 1.54) is 72.3 Å². The Morgan fingerprint density at radius 2 is 1.19 bits per heavy atom. The van der Waals surface area contributed by atoms with E-state index in [0.29, 0.717) is 5.92 Å². The number of ether oxygens (including phenoxy) is 1. The van der Waals surface area contributed by atoms with Crippen LogP contribution in [0.2, 0.25) is 0 Å². The van der Waals surface area contributed by atoms with E-state index in [-0.39, 0.29) is 21.7 Å². The molecule has 356 valence electrons. The van der Waals surface area contributed by atoms with Crippen LogP contribution in [0.5, 0.6) is 5.75 Å². The number of rotatable bonds is 5. The van der Waals surface area contributed by atoms with Gasteiger partial charge >= 0.3 is 11.7 Å². The zero-order chi connectivity index (χ0) is 50.9. The molecule has 4 nitrogen and oxygen atoms in total. The van der Waals surface area contributed by atoms with E-state index < -0.39 is 11.7 Å². The van der Waals surface area contributed by atoms with Crippen molar-refractivity contribution in [1.82, 2.24) is 4.57 Å². The molecule has 11 rings (SSSR count). The third-order valence-electron chi connectivity index (χ3n) is 15.7. The van der Waals surface area contributed by atoms with Crippen LogP contribution in [0.4, 0.5) is 0 Å². The van der Waals surface area contributed by atoms with Crippen molar-refractivity contribution < 1.29 is 15.2 Å². The standard InChI is InChI=1S/C66H73N3O/c1-38(2)47-20-18-21-48(39(3)4)57(47)43-26-29-54(40(5)32-43)68-55-23-19-22-49-50-34-45(63(9,10)11)35-51-56-33-42(41-24-27-44(28-25-41)62(6,7)8)30-31-67(56)66(58(50)51)69(59(49)55)61(68)52-36-46(64(12,13)14)37-53(60(52)70-66)65(15,16)17/h18-39H,1-17H3/q+2/i38D. The Balaban J connectivity index is 1.28. The molecule has 3 aliphatic rings. The Bertz CT molecular complexity index is 3550. The molecule has 1 unspecified atom stereocenters. The molecule has 70 heavy (non-hydrogen) atoms. The number of benzene rings is 6. The average molecular weight is 925 g/mol. The van der Waals surface area contributed by atoms with E-state index >= 15 is 0 Å². The first-order chi connectivity index (χ1) is 33.1. The van der Waals surface area contributed by atoms with Gasteiger partial charge in [-0.05, 0) is 138 Å². The average Bonchev–Trinajstić information content (AvgIpc) is 3.78. The van der Waals surface area contributed by atoms with Crippen LogP contribution < -0.4 is 13.9 Å². The van der Waals surface area contributed by atoms with Crippen LogP contribution >= 0.6 is 0 Å². The summed E-state index contributed by atoms with van der Waals surface area (Å²) in [7, 11) is 0. The summed E-state index contributed by atoms with van der Waals surface area (Å²) < 4.78 is 25.1. The molecule has 8 aromatic rings. The molecule has 3 aliphatic heterocycles. The van der Waals surface area contributed by atoms with E-state index in [9.17, 15) is 1.37 Å². The molecule has 2 aromatic heterocycles.